The van der Waals surface area contributed by atoms with E-state index in [4.69, 9.17) is 5.73 Å². The molecule has 0 atom stereocenters. The molecule has 1 aromatic heterocycles. The zero-order valence-corrected chi connectivity index (χ0v) is 7.81. The van der Waals surface area contributed by atoms with Gasteiger partial charge < -0.3 is 5.73 Å². The van der Waals surface area contributed by atoms with Gasteiger partial charge in [0.2, 0.25) is 5.91 Å². The van der Waals surface area contributed by atoms with Crippen LogP contribution < -0.4 is 5.73 Å². The van der Waals surface area contributed by atoms with Gasteiger partial charge in [-0.2, -0.15) is 5.21 Å². The third kappa shape index (κ3) is 1.73. The number of rotatable bonds is 2. The molecule has 1 aliphatic rings. The fraction of sp³-hybridized carbons (Fsp3) is 0.750. The SMILES string of the molecule is NC(=O)C1CCC(c2nn[nH]n2)CC1. The lowest BCUT2D eigenvalue weighted by molar-refractivity contribution is -0.122. The average molecular weight is 195 g/mol. The second-order valence-corrected chi connectivity index (χ2v) is 3.72. The molecule has 2 rings (SSSR count). The highest BCUT2D eigenvalue weighted by Crippen LogP contribution is 2.33. The van der Waals surface area contributed by atoms with E-state index in [1.54, 1.807) is 0 Å². The molecule has 1 heterocycles. The van der Waals surface area contributed by atoms with Gasteiger partial charge in [-0.3, -0.25) is 4.79 Å². The molecule has 0 unspecified atom stereocenters. The summed E-state index contributed by atoms with van der Waals surface area (Å²) in [5, 5.41) is 13.9. The Kier molecular flexibility index (Phi) is 2.43. The number of primary amides is 1. The molecule has 6 nitrogen and oxygen atoms in total. The molecule has 0 bridgehead atoms. The maximum atomic E-state index is 10.9. The summed E-state index contributed by atoms with van der Waals surface area (Å²) in [5.41, 5.74) is 5.24. The normalized spacial score (nSPS) is 27.4. The van der Waals surface area contributed by atoms with Crippen LogP contribution in [-0.4, -0.2) is 26.5 Å². The highest BCUT2D eigenvalue weighted by Gasteiger charge is 2.27. The van der Waals surface area contributed by atoms with Gasteiger partial charge in [0.25, 0.3) is 0 Å². The van der Waals surface area contributed by atoms with Crippen LogP contribution in [0.3, 0.4) is 0 Å². The first-order chi connectivity index (χ1) is 6.77. The fourth-order valence-electron chi connectivity index (χ4n) is 1.98. The number of carbonyl (C=O) groups excluding carboxylic acids is 1. The van der Waals surface area contributed by atoms with E-state index < -0.39 is 0 Å². The number of nitrogens with one attached hydrogen (secondary N) is 1. The molecule has 1 aliphatic carbocycles. The van der Waals surface area contributed by atoms with E-state index in [1.807, 2.05) is 0 Å². The first-order valence-corrected chi connectivity index (χ1v) is 4.80. The van der Waals surface area contributed by atoms with Crippen molar-refractivity contribution in [3.63, 3.8) is 0 Å². The molecule has 1 amide bonds. The van der Waals surface area contributed by atoms with Crippen LogP contribution in [0.5, 0.6) is 0 Å². The van der Waals surface area contributed by atoms with Gasteiger partial charge in [0.05, 0.1) is 0 Å². The maximum Gasteiger partial charge on any atom is 0.220 e. The minimum Gasteiger partial charge on any atom is -0.369 e. The van der Waals surface area contributed by atoms with Crippen molar-refractivity contribution in [3.8, 4) is 0 Å². The van der Waals surface area contributed by atoms with Crippen LogP contribution >= 0.6 is 0 Å². The Balaban J connectivity index is 1.93. The van der Waals surface area contributed by atoms with Crippen LogP contribution in [0.15, 0.2) is 0 Å². The fourth-order valence-corrected chi connectivity index (χ4v) is 1.98. The zero-order valence-electron chi connectivity index (χ0n) is 7.81. The molecule has 3 N–H and O–H groups in total. The van der Waals surface area contributed by atoms with Gasteiger partial charge in [0.15, 0.2) is 5.82 Å². The van der Waals surface area contributed by atoms with Crippen molar-refractivity contribution < 1.29 is 4.79 Å². The summed E-state index contributed by atoms with van der Waals surface area (Å²) in [5.74, 6) is 0.951. The molecular weight excluding hydrogens is 182 g/mol. The molecule has 76 valence electrons. The Bertz CT molecular complexity index is 302. The molecule has 1 saturated carbocycles. The first-order valence-electron chi connectivity index (χ1n) is 4.80. The third-order valence-corrected chi connectivity index (χ3v) is 2.86. The predicted molar refractivity (Wildman–Crippen MR) is 48.1 cm³/mol. The molecule has 0 saturated heterocycles. The van der Waals surface area contributed by atoms with Crippen LogP contribution in [0.4, 0.5) is 0 Å². The van der Waals surface area contributed by atoms with Gasteiger partial charge in [0, 0.05) is 11.8 Å². The number of hydrogen-bond acceptors (Lipinski definition) is 4. The van der Waals surface area contributed by atoms with Crippen molar-refractivity contribution in [2.75, 3.05) is 0 Å². The standard InChI is InChI=1S/C8H13N5O/c9-7(14)5-1-3-6(4-2-5)8-10-12-13-11-8/h5-6H,1-4H2,(H2,9,14)(H,10,11,12,13). The molecule has 0 spiro atoms. The van der Waals surface area contributed by atoms with Crippen molar-refractivity contribution in [1.29, 1.82) is 0 Å². The highest BCUT2D eigenvalue weighted by molar-refractivity contribution is 5.76. The van der Waals surface area contributed by atoms with Gasteiger partial charge in [-0.15, -0.1) is 10.2 Å². The van der Waals surface area contributed by atoms with E-state index in [2.05, 4.69) is 20.6 Å². The van der Waals surface area contributed by atoms with E-state index >= 15 is 0 Å². The van der Waals surface area contributed by atoms with Gasteiger partial charge >= 0.3 is 0 Å². The largest absolute Gasteiger partial charge is 0.369 e. The molecule has 14 heavy (non-hydrogen) atoms. The minimum absolute atomic E-state index is 0.0400. The van der Waals surface area contributed by atoms with Crippen molar-refractivity contribution in [3.05, 3.63) is 5.82 Å². The summed E-state index contributed by atoms with van der Waals surface area (Å²) >= 11 is 0. The van der Waals surface area contributed by atoms with Crippen LogP contribution in [-0.2, 0) is 4.79 Å². The van der Waals surface area contributed by atoms with Gasteiger partial charge in [-0.05, 0) is 25.7 Å². The van der Waals surface area contributed by atoms with Crippen molar-refractivity contribution in [1.82, 2.24) is 20.6 Å². The number of amides is 1. The summed E-state index contributed by atoms with van der Waals surface area (Å²) < 4.78 is 0. The van der Waals surface area contributed by atoms with Gasteiger partial charge in [-0.1, -0.05) is 5.21 Å². The molecular formula is C8H13N5O. The molecule has 6 heteroatoms. The summed E-state index contributed by atoms with van der Waals surface area (Å²) in [6.45, 7) is 0. The summed E-state index contributed by atoms with van der Waals surface area (Å²) in [6, 6.07) is 0. The first kappa shape index (κ1) is 9.11. The number of tetrazole rings is 1. The molecule has 0 radical (unpaired) electrons. The lowest BCUT2D eigenvalue weighted by Crippen LogP contribution is -2.27. The Morgan fingerprint density at radius 2 is 2.07 bits per heavy atom. The monoisotopic (exact) mass is 195 g/mol. The van der Waals surface area contributed by atoms with Crippen LogP contribution in [0.25, 0.3) is 0 Å². The van der Waals surface area contributed by atoms with E-state index in [0.717, 1.165) is 31.5 Å². The number of H-pyrrole nitrogens is 1. The smallest absolute Gasteiger partial charge is 0.220 e. The summed E-state index contributed by atoms with van der Waals surface area (Å²) in [6.07, 6.45) is 3.53. The van der Waals surface area contributed by atoms with Crippen LogP contribution in [0.2, 0.25) is 0 Å². The lowest BCUT2D eigenvalue weighted by atomic mass is 9.81. The number of hydrogen-bond donors (Lipinski definition) is 2. The molecule has 0 aliphatic heterocycles. The summed E-state index contributed by atoms with van der Waals surface area (Å²) in [4.78, 5) is 10.9. The van der Waals surface area contributed by atoms with Crippen molar-refractivity contribution in [2.24, 2.45) is 11.7 Å². The number of aromatic amines is 1. The van der Waals surface area contributed by atoms with E-state index in [-0.39, 0.29) is 11.8 Å². The number of aromatic nitrogens is 4. The Hall–Kier alpha value is -1.46. The van der Waals surface area contributed by atoms with Gasteiger partial charge in [-0.25, -0.2) is 0 Å². The quantitative estimate of drug-likeness (QED) is 0.691. The van der Waals surface area contributed by atoms with E-state index in [1.165, 1.54) is 0 Å². The van der Waals surface area contributed by atoms with E-state index in [9.17, 15) is 4.79 Å². The second-order valence-electron chi connectivity index (χ2n) is 3.72. The zero-order chi connectivity index (χ0) is 9.97. The molecule has 0 aromatic carbocycles. The van der Waals surface area contributed by atoms with E-state index in [0.29, 0.717) is 5.92 Å². The number of carbonyl (C=O) groups is 1. The maximum absolute atomic E-state index is 10.9. The molecule has 1 aromatic rings. The predicted octanol–water partition coefficient (Wildman–Crippen LogP) is -0.0412. The minimum atomic E-state index is -0.184. The number of nitrogens with zero attached hydrogens (tertiary/aromatic N) is 3. The Morgan fingerprint density at radius 3 is 2.57 bits per heavy atom. The second kappa shape index (κ2) is 3.73. The topological polar surface area (TPSA) is 97.5 Å². The third-order valence-electron chi connectivity index (χ3n) is 2.86. The summed E-state index contributed by atoms with van der Waals surface area (Å²) in [7, 11) is 0. The van der Waals surface area contributed by atoms with Gasteiger partial charge in [0.1, 0.15) is 0 Å². The average Bonchev–Trinajstić information content (AvgIpc) is 2.71. The highest BCUT2D eigenvalue weighted by atomic mass is 16.1. The van der Waals surface area contributed by atoms with Crippen LogP contribution in [0, 0.1) is 5.92 Å². The lowest BCUT2D eigenvalue weighted by Gasteiger charge is -2.24. The molecule has 1 fully saturated rings. The van der Waals surface area contributed by atoms with Crippen molar-refractivity contribution in [2.45, 2.75) is 31.6 Å². The Morgan fingerprint density at radius 1 is 1.36 bits per heavy atom. The van der Waals surface area contributed by atoms with Crippen LogP contribution in [0.1, 0.15) is 37.4 Å². The Labute approximate surface area is 81.3 Å². The van der Waals surface area contributed by atoms with Crippen molar-refractivity contribution >= 4 is 5.91 Å². The number of nitrogens with two attached hydrogens (primary N) is 1.